The maximum Gasteiger partial charge on any atom is 0.410 e. The number of nitriles is 1. The minimum absolute atomic E-state index is 0.0729. The van der Waals surface area contributed by atoms with Gasteiger partial charge in [0.1, 0.15) is 12.1 Å². The number of nitrogens with zero attached hydrogens (tertiary/aromatic N) is 4. The van der Waals surface area contributed by atoms with Crippen LogP contribution in [0.15, 0.2) is 24.5 Å². The molecule has 168 valence electrons. The highest BCUT2D eigenvalue weighted by molar-refractivity contribution is 6.32. The summed E-state index contributed by atoms with van der Waals surface area (Å²) in [6.07, 6.45) is 2.93. The lowest BCUT2D eigenvalue weighted by atomic mass is 9.96. The van der Waals surface area contributed by atoms with Gasteiger partial charge in [-0.25, -0.2) is 14.8 Å². The topological polar surface area (TPSA) is 97.6 Å². The van der Waals surface area contributed by atoms with Gasteiger partial charge < -0.3 is 19.1 Å². The molecule has 2 aromatic rings. The van der Waals surface area contributed by atoms with E-state index in [4.69, 9.17) is 31.1 Å². The fourth-order valence-electron chi connectivity index (χ4n) is 4.04. The molecule has 1 aromatic heterocycles. The zero-order valence-corrected chi connectivity index (χ0v) is 19.1. The van der Waals surface area contributed by atoms with Crippen LogP contribution in [0.4, 0.5) is 4.79 Å². The Bertz CT molecular complexity index is 1070. The average Bonchev–Trinajstić information content (AvgIpc) is 3.49. The number of amides is 1. The SMILES string of the molecule is Cc1c(OCC23CCN(C(=O)OC(C)C)CC2C3)ncnc1Oc1ccc(C#N)cc1Cl. The molecule has 1 saturated heterocycles. The van der Waals surface area contributed by atoms with Gasteiger partial charge in [0.25, 0.3) is 0 Å². The number of piperidine rings is 1. The number of aromatic nitrogens is 2. The normalized spacial score (nSPS) is 21.5. The van der Waals surface area contributed by atoms with E-state index in [1.807, 2.05) is 26.8 Å². The summed E-state index contributed by atoms with van der Waals surface area (Å²) in [5.41, 5.74) is 1.19. The first-order valence-corrected chi connectivity index (χ1v) is 11.0. The lowest BCUT2D eigenvalue weighted by Crippen LogP contribution is -2.41. The van der Waals surface area contributed by atoms with E-state index >= 15 is 0 Å². The van der Waals surface area contributed by atoms with Crippen molar-refractivity contribution in [2.24, 2.45) is 11.3 Å². The van der Waals surface area contributed by atoms with Crippen molar-refractivity contribution in [1.29, 1.82) is 5.26 Å². The van der Waals surface area contributed by atoms with Crippen molar-refractivity contribution < 1.29 is 19.0 Å². The van der Waals surface area contributed by atoms with Crippen molar-refractivity contribution in [1.82, 2.24) is 14.9 Å². The van der Waals surface area contributed by atoms with Crippen molar-refractivity contribution in [2.45, 2.75) is 39.7 Å². The number of benzene rings is 1. The van der Waals surface area contributed by atoms with Gasteiger partial charge in [-0.2, -0.15) is 5.26 Å². The fraction of sp³-hybridized carbons (Fsp3) is 0.478. The van der Waals surface area contributed by atoms with Crippen LogP contribution >= 0.6 is 11.6 Å². The van der Waals surface area contributed by atoms with Gasteiger partial charge in [-0.3, -0.25) is 0 Å². The Morgan fingerprint density at radius 3 is 2.84 bits per heavy atom. The Morgan fingerprint density at radius 1 is 1.38 bits per heavy atom. The van der Waals surface area contributed by atoms with Gasteiger partial charge in [0.2, 0.25) is 11.8 Å². The van der Waals surface area contributed by atoms with Crippen LogP contribution in [0.5, 0.6) is 17.5 Å². The second-order valence-corrected chi connectivity index (χ2v) is 9.06. The molecule has 4 rings (SSSR count). The van der Waals surface area contributed by atoms with E-state index in [9.17, 15) is 4.79 Å². The molecule has 2 fully saturated rings. The summed E-state index contributed by atoms with van der Waals surface area (Å²) in [5.74, 6) is 1.62. The first-order valence-electron chi connectivity index (χ1n) is 10.6. The predicted molar refractivity (Wildman–Crippen MR) is 117 cm³/mol. The Morgan fingerprint density at radius 2 is 2.16 bits per heavy atom. The van der Waals surface area contributed by atoms with Crippen molar-refractivity contribution >= 4 is 17.7 Å². The third kappa shape index (κ3) is 4.58. The van der Waals surface area contributed by atoms with Crippen LogP contribution in [0.25, 0.3) is 0 Å². The number of hydrogen-bond donors (Lipinski definition) is 0. The van der Waals surface area contributed by atoms with E-state index in [1.54, 1.807) is 23.1 Å². The molecule has 0 bridgehead atoms. The molecule has 8 nitrogen and oxygen atoms in total. The number of carbonyl (C=O) groups is 1. The number of halogens is 1. The van der Waals surface area contributed by atoms with E-state index in [-0.39, 0.29) is 17.6 Å². The average molecular weight is 457 g/mol. The van der Waals surface area contributed by atoms with Gasteiger partial charge in [-0.05, 0) is 57.7 Å². The zero-order chi connectivity index (χ0) is 22.9. The van der Waals surface area contributed by atoms with Crippen LogP contribution in [0.2, 0.25) is 5.02 Å². The van der Waals surface area contributed by atoms with E-state index in [1.165, 1.54) is 6.33 Å². The first-order chi connectivity index (χ1) is 15.3. The number of ether oxygens (including phenoxy) is 3. The molecule has 9 heteroatoms. The molecule has 0 N–H and O–H groups in total. The van der Waals surface area contributed by atoms with Crippen LogP contribution in [-0.4, -0.2) is 46.8 Å². The summed E-state index contributed by atoms with van der Waals surface area (Å²) >= 11 is 6.21. The van der Waals surface area contributed by atoms with Gasteiger partial charge in [0, 0.05) is 18.5 Å². The molecule has 1 amide bonds. The highest BCUT2D eigenvalue weighted by atomic mass is 35.5. The summed E-state index contributed by atoms with van der Waals surface area (Å²) in [5, 5.41) is 9.30. The molecule has 0 spiro atoms. The summed E-state index contributed by atoms with van der Waals surface area (Å²) < 4.78 is 17.3. The molecule has 1 aliphatic heterocycles. The highest BCUT2D eigenvalue weighted by Gasteiger charge is 2.58. The lowest BCUT2D eigenvalue weighted by Gasteiger charge is -2.31. The van der Waals surface area contributed by atoms with Gasteiger partial charge in [0.15, 0.2) is 0 Å². The fourth-order valence-corrected chi connectivity index (χ4v) is 4.26. The van der Waals surface area contributed by atoms with Crippen LogP contribution in [0.3, 0.4) is 0 Å². The number of hydrogen-bond acceptors (Lipinski definition) is 7. The van der Waals surface area contributed by atoms with Crippen molar-refractivity contribution in [3.63, 3.8) is 0 Å². The molecule has 2 aliphatic rings. The van der Waals surface area contributed by atoms with Gasteiger partial charge in [-0.15, -0.1) is 0 Å². The number of likely N-dealkylation sites (tertiary alicyclic amines) is 1. The molecule has 1 aromatic carbocycles. The Kier molecular flexibility index (Phi) is 6.11. The molecular formula is C23H25ClN4O4. The predicted octanol–water partition coefficient (Wildman–Crippen LogP) is 4.74. The van der Waals surface area contributed by atoms with Crippen LogP contribution in [0.1, 0.15) is 37.8 Å². The Labute approximate surface area is 192 Å². The summed E-state index contributed by atoms with van der Waals surface area (Å²) in [4.78, 5) is 22.4. The van der Waals surface area contributed by atoms with Gasteiger partial charge in [-0.1, -0.05) is 11.6 Å². The largest absolute Gasteiger partial charge is 0.477 e. The third-order valence-corrected chi connectivity index (χ3v) is 6.32. The van der Waals surface area contributed by atoms with Gasteiger partial charge >= 0.3 is 6.09 Å². The van der Waals surface area contributed by atoms with Crippen molar-refractivity contribution in [3.05, 3.63) is 40.7 Å². The summed E-state index contributed by atoms with van der Waals surface area (Å²) in [7, 11) is 0. The van der Waals surface area contributed by atoms with Crippen LogP contribution in [0, 0.1) is 29.6 Å². The zero-order valence-electron chi connectivity index (χ0n) is 18.3. The highest BCUT2D eigenvalue weighted by Crippen LogP contribution is 2.58. The minimum atomic E-state index is -0.240. The van der Waals surface area contributed by atoms with E-state index in [2.05, 4.69) is 9.97 Å². The van der Waals surface area contributed by atoms with Gasteiger partial charge in [0.05, 0.1) is 34.9 Å². The minimum Gasteiger partial charge on any atom is -0.477 e. The van der Waals surface area contributed by atoms with Crippen molar-refractivity contribution in [2.75, 3.05) is 19.7 Å². The Hall–Kier alpha value is -3.05. The van der Waals surface area contributed by atoms with Crippen LogP contribution in [-0.2, 0) is 4.74 Å². The second kappa shape index (κ2) is 8.83. The molecule has 2 heterocycles. The Balaban J connectivity index is 1.38. The first kappa shape index (κ1) is 22.2. The molecule has 0 radical (unpaired) electrons. The molecular weight excluding hydrogens is 432 g/mol. The summed E-state index contributed by atoms with van der Waals surface area (Å²) in [6, 6.07) is 6.84. The maximum absolute atomic E-state index is 12.2. The molecule has 1 saturated carbocycles. The second-order valence-electron chi connectivity index (χ2n) is 8.65. The standard InChI is InChI=1S/C23H25ClN4O4/c1-14(2)31-22(29)28-7-6-23(9-17(23)11-28)12-30-20-15(3)21(27-13-26-20)32-19-5-4-16(10-25)8-18(19)24/h4-5,8,13-14,17H,6-7,9,11-12H2,1-3H3. The smallest absolute Gasteiger partial charge is 0.410 e. The van der Waals surface area contributed by atoms with Crippen molar-refractivity contribution in [3.8, 4) is 23.6 Å². The number of fused-ring (bicyclic) bond motifs is 1. The number of carbonyl (C=O) groups excluding carboxylic acids is 1. The summed E-state index contributed by atoms with van der Waals surface area (Å²) in [6.45, 7) is 7.43. The molecule has 2 unspecified atom stereocenters. The molecule has 2 atom stereocenters. The van der Waals surface area contributed by atoms with E-state index in [0.717, 1.165) is 12.8 Å². The lowest BCUT2D eigenvalue weighted by molar-refractivity contribution is 0.0586. The molecule has 32 heavy (non-hydrogen) atoms. The van der Waals surface area contributed by atoms with Crippen LogP contribution < -0.4 is 9.47 Å². The number of rotatable bonds is 6. The monoisotopic (exact) mass is 456 g/mol. The maximum atomic E-state index is 12.2. The quantitative estimate of drug-likeness (QED) is 0.619. The van der Waals surface area contributed by atoms with E-state index in [0.29, 0.717) is 59.3 Å². The molecule has 1 aliphatic carbocycles. The van der Waals surface area contributed by atoms with E-state index < -0.39 is 0 Å². The third-order valence-electron chi connectivity index (χ3n) is 6.03.